The standard InChI is InChI=1S/C23H22OS/c1-3-9-18(10-4-1)15-16-22-23(25-20-12-5-2-6-13-20)17-19-11-7-8-14-21(19)24-22/h1-14,22-23H,15-17H2/t22-,23+/m0/s1. The van der Waals surface area contributed by atoms with Gasteiger partial charge in [-0.2, -0.15) is 0 Å². The molecule has 126 valence electrons. The maximum atomic E-state index is 6.42. The van der Waals surface area contributed by atoms with Gasteiger partial charge in [-0.1, -0.05) is 66.7 Å². The van der Waals surface area contributed by atoms with Crippen molar-refractivity contribution in [1.29, 1.82) is 0 Å². The second-order valence-electron chi connectivity index (χ2n) is 6.46. The average Bonchev–Trinajstić information content (AvgIpc) is 2.68. The van der Waals surface area contributed by atoms with E-state index in [9.17, 15) is 0 Å². The zero-order valence-electron chi connectivity index (χ0n) is 14.2. The number of hydrogen-bond donors (Lipinski definition) is 0. The van der Waals surface area contributed by atoms with E-state index in [-0.39, 0.29) is 6.10 Å². The molecule has 1 nitrogen and oxygen atoms in total. The highest BCUT2D eigenvalue weighted by Gasteiger charge is 2.30. The summed E-state index contributed by atoms with van der Waals surface area (Å²) in [6, 6.07) is 29.9. The summed E-state index contributed by atoms with van der Waals surface area (Å²) in [6.07, 6.45) is 3.40. The smallest absolute Gasteiger partial charge is 0.123 e. The first-order chi connectivity index (χ1) is 12.4. The molecule has 0 aliphatic carbocycles. The first kappa shape index (κ1) is 16.3. The van der Waals surface area contributed by atoms with E-state index >= 15 is 0 Å². The molecule has 0 bridgehead atoms. The van der Waals surface area contributed by atoms with Crippen molar-refractivity contribution in [2.45, 2.75) is 35.5 Å². The van der Waals surface area contributed by atoms with E-state index in [1.54, 1.807) is 0 Å². The molecule has 2 atom stereocenters. The van der Waals surface area contributed by atoms with Crippen LogP contribution in [0.1, 0.15) is 17.5 Å². The van der Waals surface area contributed by atoms with Gasteiger partial charge in [0.15, 0.2) is 0 Å². The molecule has 1 aliphatic rings. The molecule has 0 unspecified atom stereocenters. The monoisotopic (exact) mass is 346 g/mol. The van der Waals surface area contributed by atoms with Crippen LogP contribution < -0.4 is 4.74 Å². The fourth-order valence-corrected chi connectivity index (χ4v) is 4.63. The van der Waals surface area contributed by atoms with Gasteiger partial charge in [-0.25, -0.2) is 0 Å². The summed E-state index contributed by atoms with van der Waals surface area (Å²) >= 11 is 1.95. The zero-order valence-corrected chi connectivity index (χ0v) is 15.0. The molecule has 1 heterocycles. The van der Waals surface area contributed by atoms with Crippen LogP contribution in [0.25, 0.3) is 0 Å². The Morgan fingerprint density at radius 3 is 2.28 bits per heavy atom. The molecule has 0 fully saturated rings. The molecule has 0 amide bonds. The van der Waals surface area contributed by atoms with Crippen LogP contribution in [-0.2, 0) is 12.8 Å². The number of hydrogen-bond acceptors (Lipinski definition) is 2. The van der Waals surface area contributed by atoms with Crippen LogP contribution in [0.2, 0.25) is 0 Å². The van der Waals surface area contributed by atoms with Gasteiger partial charge in [-0.3, -0.25) is 0 Å². The van der Waals surface area contributed by atoms with E-state index in [2.05, 4.69) is 84.9 Å². The predicted octanol–water partition coefficient (Wildman–Crippen LogP) is 5.78. The first-order valence-corrected chi connectivity index (χ1v) is 9.76. The number of benzene rings is 3. The number of para-hydroxylation sites is 1. The number of aryl methyl sites for hydroxylation is 1. The van der Waals surface area contributed by atoms with Gasteiger partial charge >= 0.3 is 0 Å². The van der Waals surface area contributed by atoms with E-state index in [1.165, 1.54) is 16.0 Å². The van der Waals surface area contributed by atoms with Crippen LogP contribution in [0, 0.1) is 0 Å². The van der Waals surface area contributed by atoms with Gasteiger partial charge in [0.1, 0.15) is 11.9 Å². The third-order valence-electron chi connectivity index (χ3n) is 4.68. The summed E-state index contributed by atoms with van der Waals surface area (Å²) in [4.78, 5) is 1.32. The Labute approximate surface area is 154 Å². The van der Waals surface area contributed by atoms with Crippen molar-refractivity contribution in [3.8, 4) is 5.75 Å². The van der Waals surface area contributed by atoms with E-state index in [0.717, 1.165) is 25.0 Å². The molecular weight excluding hydrogens is 324 g/mol. The molecular formula is C23H22OS. The van der Waals surface area contributed by atoms with Crippen LogP contribution >= 0.6 is 11.8 Å². The molecule has 0 N–H and O–H groups in total. The van der Waals surface area contributed by atoms with Gasteiger partial charge in [-0.05, 0) is 48.6 Å². The Morgan fingerprint density at radius 1 is 0.800 bits per heavy atom. The van der Waals surface area contributed by atoms with Gasteiger partial charge in [0.25, 0.3) is 0 Å². The van der Waals surface area contributed by atoms with Crippen molar-refractivity contribution in [2.75, 3.05) is 0 Å². The van der Waals surface area contributed by atoms with Gasteiger partial charge < -0.3 is 4.74 Å². The molecule has 2 heteroatoms. The fraction of sp³-hybridized carbons (Fsp3) is 0.217. The van der Waals surface area contributed by atoms with Gasteiger partial charge in [0.2, 0.25) is 0 Å². The number of rotatable bonds is 5. The zero-order chi connectivity index (χ0) is 16.9. The Morgan fingerprint density at radius 2 is 1.48 bits per heavy atom. The Bertz CT molecular complexity index is 801. The van der Waals surface area contributed by atoms with Crippen LogP contribution in [0.4, 0.5) is 0 Å². The molecule has 0 saturated carbocycles. The Hall–Kier alpha value is -2.19. The minimum Gasteiger partial charge on any atom is -0.489 e. The lowest BCUT2D eigenvalue weighted by Crippen LogP contribution is -2.35. The maximum absolute atomic E-state index is 6.42. The SMILES string of the molecule is c1ccc(CC[C@@H]2Oc3ccccc3C[C@H]2Sc2ccccc2)cc1. The third-order valence-corrected chi connectivity index (χ3v) is 6.00. The molecule has 3 aromatic rings. The van der Waals surface area contributed by atoms with Crippen molar-refractivity contribution in [3.63, 3.8) is 0 Å². The lowest BCUT2D eigenvalue weighted by atomic mass is 9.97. The van der Waals surface area contributed by atoms with Crippen molar-refractivity contribution >= 4 is 11.8 Å². The molecule has 3 aromatic carbocycles. The van der Waals surface area contributed by atoms with E-state index in [4.69, 9.17) is 4.74 Å². The van der Waals surface area contributed by atoms with Crippen LogP contribution in [-0.4, -0.2) is 11.4 Å². The summed E-state index contributed by atoms with van der Waals surface area (Å²) in [5, 5.41) is 0.445. The van der Waals surface area contributed by atoms with Crippen molar-refractivity contribution < 1.29 is 4.74 Å². The van der Waals surface area contributed by atoms with Crippen LogP contribution in [0.3, 0.4) is 0 Å². The normalized spacial score (nSPS) is 19.0. The van der Waals surface area contributed by atoms with Crippen molar-refractivity contribution in [2.24, 2.45) is 0 Å². The third kappa shape index (κ3) is 4.08. The summed E-state index contributed by atoms with van der Waals surface area (Å²) in [5.41, 5.74) is 2.71. The largest absolute Gasteiger partial charge is 0.489 e. The highest BCUT2D eigenvalue weighted by molar-refractivity contribution is 8.00. The van der Waals surface area contributed by atoms with Gasteiger partial charge in [0.05, 0.1) is 5.25 Å². The van der Waals surface area contributed by atoms with Crippen LogP contribution in [0.15, 0.2) is 89.8 Å². The molecule has 0 saturated heterocycles. The second kappa shape index (κ2) is 7.79. The van der Waals surface area contributed by atoms with E-state index in [0.29, 0.717) is 5.25 Å². The molecule has 1 aliphatic heterocycles. The quantitative estimate of drug-likeness (QED) is 0.579. The Kier molecular flexibility index (Phi) is 5.08. The minimum absolute atomic E-state index is 0.236. The number of fused-ring (bicyclic) bond motifs is 1. The van der Waals surface area contributed by atoms with Crippen molar-refractivity contribution in [3.05, 3.63) is 96.1 Å². The van der Waals surface area contributed by atoms with Gasteiger partial charge in [0, 0.05) is 4.90 Å². The highest BCUT2D eigenvalue weighted by atomic mass is 32.2. The first-order valence-electron chi connectivity index (χ1n) is 8.89. The highest BCUT2D eigenvalue weighted by Crippen LogP contribution is 2.37. The minimum atomic E-state index is 0.236. The Balaban J connectivity index is 1.52. The van der Waals surface area contributed by atoms with Crippen molar-refractivity contribution in [1.82, 2.24) is 0 Å². The lowest BCUT2D eigenvalue weighted by Gasteiger charge is -2.33. The predicted molar refractivity (Wildman–Crippen MR) is 105 cm³/mol. The summed E-state index contributed by atoms with van der Waals surface area (Å²) < 4.78 is 6.42. The molecule has 0 spiro atoms. The summed E-state index contributed by atoms with van der Waals surface area (Å²) in [7, 11) is 0. The molecule has 4 rings (SSSR count). The summed E-state index contributed by atoms with van der Waals surface area (Å²) in [5.74, 6) is 1.06. The molecule has 0 aromatic heterocycles. The second-order valence-corrected chi connectivity index (χ2v) is 7.77. The fourth-order valence-electron chi connectivity index (χ4n) is 3.36. The van der Waals surface area contributed by atoms with Crippen LogP contribution in [0.5, 0.6) is 5.75 Å². The number of thioether (sulfide) groups is 1. The molecule has 25 heavy (non-hydrogen) atoms. The van der Waals surface area contributed by atoms with E-state index in [1.807, 2.05) is 11.8 Å². The maximum Gasteiger partial charge on any atom is 0.123 e. The summed E-state index contributed by atoms with van der Waals surface area (Å²) in [6.45, 7) is 0. The average molecular weight is 346 g/mol. The molecule has 0 radical (unpaired) electrons. The topological polar surface area (TPSA) is 9.23 Å². The van der Waals surface area contributed by atoms with Gasteiger partial charge in [-0.15, -0.1) is 11.8 Å². The number of ether oxygens (including phenoxy) is 1. The lowest BCUT2D eigenvalue weighted by molar-refractivity contribution is 0.170. The van der Waals surface area contributed by atoms with E-state index < -0.39 is 0 Å².